The Morgan fingerprint density at radius 1 is 0.646 bits per heavy atom. The minimum atomic E-state index is -0.911. The van der Waals surface area contributed by atoms with Crippen LogP contribution in [0.1, 0.15) is 179 Å². The number of nitrogens with zero attached hydrogens (tertiary/aromatic N) is 4. The van der Waals surface area contributed by atoms with E-state index < -0.39 is 36.0 Å². The molecule has 2 saturated heterocycles. The summed E-state index contributed by atoms with van der Waals surface area (Å²) < 4.78 is 6.19. The van der Waals surface area contributed by atoms with E-state index in [-0.39, 0.29) is 60.8 Å². The van der Waals surface area contributed by atoms with Gasteiger partial charge < -0.3 is 31.3 Å². The number of ether oxygens (including phenoxy) is 1. The van der Waals surface area contributed by atoms with E-state index in [1.165, 1.54) is 38.5 Å². The maximum atomic E-state index is 14.9. The Bertz CT molecular complexity index is 1730. The van der Waals surface area contributed by atoms with Crippen molar-refractivity contribution >= 4 is 35.8 Å². The third-order valence-corrected chi connectivity index (χ3v) is 16.8. The molecule has 16 heteroatoms. The first-order valence-electron chi connectivity index (χ1n) is 26.1. The van der Waals surface area contributed by atoms with E-state index in [9.17, 15) is 24.0 Å². The third kappa shape index (κ3) is 13.6. The first kappa shape index (κ1) is 47.5. The molecule has 7 atom stereocenters. The van der Waals surface area contributed by atoms with Gasteiger partial charge in [0, 0.05) is 12.1 Å². The molecule has 9 rings (SSSR count). The van der Waals surface area contributed by atoms with Crippen LogP contribution in [0.15, 0.2) is 4.99 Å². The predicted octanol–water partition coefficient (Wildman–Crippen LogP) is 5.52. The second-order valence-corrected chi connectivity index (χ2v) is 21.2. The van der Waals surface area contributed by atoms with E-state index in [4.69, 9.17) is 9.73 Å². The van der Waals surface area contributed by atoms with Crippen molar-refractivity contribution in [1.29, 1.82) is 0 Å². The Morgan fingerprint density at radius 2 is 1.31 bits per heavy atom. The molecule has 5 amide bonds. The van der Waals surface area contributed by atoms with Crippen molar-refractivity contribution in [1.82, 2.24) is 47.2 Å². The molecule has 5 aliphatic carbocycles. The number of rotatable bonds is 11. The summed E-state index contributed by atoms with van der Waals surface area (Å²) >= 11 is 0. The molecule has 8 aliphatic rings. The highest BCUT2D eigenvalue weighted by atomic mass is 16.5. The summed E-state index contributed by atoms with van der Waals surface area (Å²) in [7, 11) is 0. The smallest absolute Gasteiger partial charge is 0.246 e. The number of carbonyl (C=O) groups is 5. The topological polar surface area (TPSA) is 222 Å². The summed E-state index contributed by atoms with van der Waals surface area (Å²) in [4.78, 5) is 76.8. The molecule has 1 aromatic heterocycles. The first-order chi connectivity index (χ1) is 31.7. The summed E-state index contributed by atoms with van der Waals surface area (Å²) in [6.45, 7) is -0.121. The number of fused-ring (bicyclic) bond motifs is 17. The monoisotopic (exact) mass is 903 g/mol. The fraction of sp³-hybridized carbons (Fsp3) is 0.857. The number of aromatic amines is 1. The summed E-state index contributed by atoms with van der Waals surface area (Å²) in [6, 6.07) is -3.30. The minimum Gasteiger partial charge on any atom is -0.368 e. The van der Waals surface area contributed by atoms with Crippen molar-refractivity contribution in [2.75, 3.05) is 6.61 Å². The van der Waals surface area contributed by atoms with Gasteiger partial charge in [0.15, 0.2) is 5.82 Å². The molecule has 0 aromatic carbocycles. The molecule has 1 aromatic rings. The number of H-pyrrole nitrogens is 1. The second kappa shape index (κ2) is 23.7. The number of tetrazole rings is 1. The summed E-state index contributed by atoms with van der Waals surface area (Å²) in [5.74, 6) is 1.14. The van der Waals surface area contributed by atoms with E-state index in [0.717, 1.165) is 102 Å². The van der Waals surface area contributed by atoms with Crippen LogP contribution >= 0.6 is 0 Å². The van der Waals surface area contributed by atoms with Gasteiger partial charge in [-0.1, -0.05) is 95.1 Å². The maximum absolute atomic E-state index is 14.9. The lowest BCUT2D eigenvalue weighted by Crippen LogP contribution is -2.59. The molecule has 6 N–H and O–H groups in total. The van der Waals surface area contributed by atoms with E-state index in [1.54, 1.807) is 0 Å². The highest BCUT2D eigenvalue weighted by Crippen LogP contribution is 2.42. The number of hydrogen-bond acceptors (Lipinski definition) is 10. The Morgan fingerprint density at radius 3 is 2.05 bits per heavy atom. The van der Waals surface area contributed by atoms with Crippen LogP contribution in [-0.2, 0) is 35.3 Å². The van der Waals surface area contributed by atoms with Gasteiger partial charge in [-0.3, -0.25) is 29.0 Å². The quantitative estimate of drug-likeness (QED) is 0.154. The van der Waals surface area contributed by atoms with Gasteiger partial charge in [0.05, 0.1) is 18.7 Å². The Balaban J connectivity index is 1.05. The Labute approximate surface area is 385 Å². The fourth-order valence-electron chi connectivity index (χ4n) is 13.0. The molecule has 0 spiro atoms. The summed E-state index contributed by atoms with van der Waals surface area (Å²) in [5, 5.41) is 29.4. The zero-order valence-corrected chi connectivity index (χ0v) is 38.8. The van der Waals surface area contributed by atoms with Gasteiger partial charge in [-0.15, -0.1) is 10.2 Å². The number of nitrogens with one attached hydrogen (secondary N) is 6. The van der Waals surface area contributed by atoms with Crippen LogP contribution in [0, 0.1) is 41.4 Å². The standard InChI is InChI=1S/C49H78N10O6/c60-45-30-65-37-22-17-33(18-23-37)25-41(46(61)51-29-44-56-58-59-57-44)54-47(62)40(24-19-31-9-3-1-4-10-31)53-48(63)42(26-32-15-20-35(21-16-32)34-11-5-2-6-12-34)55-49(64)43(52-45)27-36-28-50-39-14-8-7-13-38(36)39/h28,31-43H,1-27,29-30H2,(H,51,61)(H,52,60)(H,53,63)(H,54,62)(H,55,64)(H,56,57,58,59). The molecule has 3 aliphatic heterocycles. The zero-order chi connectivity index (χ0) is 45.0. The summed E-state index contributed by atoms with van der Waals surface area (Å²) in [5.41, 5.74) is 0. The molecule has 360 valence electrons. The molecule has 7 fully saturated rings. The summed E-state index contributed by atoms with van der Waals surface area (Å²) in [6.07, 6.45) is 28.2. The van der Waals surface area contributed by atoms with E-state index in [1.807, 2.05) is 6.21 Å². The number of carbonyl (C=O) groups excluding carboxylic acids is 5. The Kier molecular flexibility index (Phi) is 17.3. The van der Waals surface area contributed by atoms with Gasteiger partial charge in [-0.25, -0.2) is 0 Å². The van der Waals surface area contributed by atoms with Gasteiger partial charge in [0.1, 0.15) is 30.8 Å². The van der Waals surface area contributed by atoms with Gasteiger partial charge >= 0.3 is 0 Å². The van der Waals surface area contributed by atoms with Crippen LogP contribution < -0.4 is 26.6 Å². The van der Waals surface area contributed by atoms with Crippen molar-refractivity contribution in [3.05, 3.63) is 5.82 Å². The maximum Gasteiger partial charge on any atom is 0.246 e. The first-order valence-corrected chi connectivity index (χ1v) is 26.1. The van der Waals surface area contributed by atoms with Crippen LogP contribution in [0.5, 0.6) is 0 Å². The highest BCUT2D eigenvalue weighted by Gasteiger charge is 2.40. The fourth-order valence-corrected chi connectivity index (χ4v) is 13.0. The SMILES string of the molecule is O=C1COC2CCC(CC2)CC(C(=O)NCc2nn[nH]n2)NC(=O)C(CCC2CCCCC2)NC(=O)C(CC2CCC(C3CCCCC3)CC2)NC(=O)C(CC2C=NC3CCCCC23)N1. The van der Waals surface area contributed by atoms with Crippen LogP contribution in [0.4, 0.5) is 0 Å². The lowest BCUT2D eigenvalue weighted by Gasteiger charge is -2.37. The lowest BCUT2D eigenvalue weighted by molar-refractivity contribution is -0.136. The number of amides is 5. The average Bonchev–Trinajstić information content (AvgIpc) is 4.02. The largest absolute Gasteiger partial charge is 0.368 e. The number of aliphatic imine (C=N–C) groups is 1. The van der Waals surface area contributed by atoms with Crippen molar-refractivity contribution < 1.29 is 28.7 Å². The van der Waals surface area contributed by atoms with Crippen LogP contribution in [0.2, 0.25) is 0 Å². The predicted molar refractivity (Wildman–Crippen MR) is 245 cm³/mol. The van der Waals surface area contributed by atoms with Gasteiger partial charge in [0.2, 0.25) is 29.5 Å². The normalized spacial score (nSPS) is 35.1. The van der Waals surface area contributed by atoms with Crippen molar-refractivity contribution in [2.45, 2.75) is 216 Å². The molecule has 65 heavy (non-hydrogen) atoms. The third-order valence-electron chi connectivity index (χ3n) is 16.8. The van der Waals surface area contributed by atoms with Crippen LogP contribution in [0.25, 0.3) is 0 Å². The molecular formula is C49H78N10O6. The molecule has 5 saturated carbocycles. The number of hydrogen-bond donors (Lipinski definition) is 6. The molecule has 2 bridgehead atoms. The molecule has 0 radical (unpaired) electrons. The molecule has 4 heterocycles. The average molecular weight is 903 g/mol. The van der Waals surface area contributed by atoms with Crippen molar-refractivity contribution in [3.8, 4) is 0 Å². The van der Waals surface area contributed by atoms with Crippen LogP contribution in [0.3, 0.4) is 0 Å². The van der Waals surface area contributed by atoms with E-state index in [2.05, 4.69) is 47.2 Å². The van der Waals surface area contributed by atoms with Crippen molar-refractivity contribution in [2.24, 2.45) is 46.4 Å². The molecular weight excluding hydrogens is 825 g/mol. The van der Waals surface area contributed by atoms with Crippen molar-refractivity contribution in [3.63, 3.8) is 0 Å². The van der Waals surface area contributed by atoms with Gasteiger partial charge in [0.25, 0.3) is 0 Å². The van der Waals surface area contributed by atoms with Gasteiger partial charge in [-0.05, 0) is 119 Å². The Hall–Kier alpha value is -3.95. The highest BCUT2D eigenvalue weighted by molar-refractivity contribution is 5.95. The van der Waals surface area contributed by atoms with E-state index >= 15 is 0 Å². The lowest BCUT2D eigenvalue weighted by atomic mass is 9.70. The minimum absolute atomic E-state index is 0.0433. The second-order valence-electron chi connectivity index (χ2n) is 21.2. The van der Waals surface area contributed by atoms with Crippen LogP contribution in [-0.4, -0.2) is 99.3 Å². The van der Waals surface area contributed by atoms with Gasteiger partial charge in [-0.2, -0.15) is 5.21 Å². The number of aromatic nitrogens is 4. The van der Waals surface area contributed by atoms with E-state index in [0.29, 0.717) is 62.1 Å². The molecule has 7 unspecified atom stereocenters. The molecule has 16 nitrogen and oxygen atoms in total. The zero-order valence-electron chi connectivity index (χ0n) is 38.8.